The van der Waals surface area contributed by atoms with Crippen LogP contribution >= 0.6 is 0 Å². The van der Waals surface area contributed by atoms with E-state index in [1.165, 1.54) is 0 Å². The second-order valence-corrected chi connectivity index (χ2v) is 4.73. The molecule has 0 saturated carbocycles. The topological polar surface area (TPSA) is 66.0 Å². The van der Waals surface area contributed by atoms with Crippen molar-refractivity contribution in [2.24, 2.45) is 12.8 Å². The van der Waals surface area contributed by atoms with Crippen LogP contribution in [-0.4, -0.2) is 27.9 Å². The lowest BCUT2D eigenvalue weighted by Crippen LogP contribution is -2.10. The standard InChI is InChI=1S/C14H20N4O/c1-10(2)14-16-13(17-18(14)3)11-4-6-12(7-5-11)19-9-8-15/h4-7,10H,8-9,15H2,1-3H3. The summed E-state index contributed by atoms with van der Waals surface area (Å²) in [6, 6.07) is 7.75. The maximum atomic E-state index is 5.44. The lowest BCUT2D eigenvalue weighted by molar-refractivity contribution is 0.328. The monoisotopic (exact) mass is 260 g/mol. The minimum Gasteiger partial charge on any atom is -0.492 e. The number of nitrogens with two attached hydrogens (primary N) is 1. The van der Waals surface area contributed by atoms with Gasteiger partial charge in [0.05, 0.1) is 0 Å². The van der Waals surface area contributed by atoms with Gasteiger partial charge >= 0.3 is 0 Å². The molecule has 0 fully saturated rings. The zero-order valence-electron chi connectivity index (χ0n) is 11.6. The minimum atomic E-state index is 0.360. The van der Waals surface area contributed by atoms with Crippen molar-refractivity contribution in [2.75, 3.05) is 13.2 Å². The number of hydrogen-bond donors (Lipinski definition) is 1. The highest BCUT2D eigenvalue weighted by atomic mass is 16.5. The van der Waals surface area contributed by atoms with Gasteiger partial charge in [0.1, 0.15) is 18.2 Å². The zero-order chi connectivity index (χ0) is 13.8. The van der Waals surface area contributed by atoms with Gasteiger partial charge < -0.3 is 10.5 Å². The van der Waals surface area contributed by atoms with Crippen LogP contribution in [0.1, 0.15) is 25.6 Å². The molecule has 0 atom stereocenters. The molecule has 0 amide bonds. The fourth-order valence-corrected chi connectivity index (χ4v) is 1.90. The summed E-state index contributed by atoms with van der Waals surface area (Å²) in [6.07, 6.45) is 0. The number of hydrogen-bond acceptors (Lipinski definition) is 4. The molecule has 1 heterocycles. The number of benzene rings is 1. The van der Waals surface area contributed by atoms with E-state index in [1.54, 1.807) is 0 Å². The highest BCUT2D eigenvalue weighted by Gasteiger charge is 2.11. The Balaban J connectivity index is 2.20. The van der Waals surface area contributed by atoms with Crippen molar-refractivity contribution in [3.63, 3.8) is 0 Å². The first-order chi connectivity index (χ1) is 9.11. The lowest BCUT2D eigenvalue weighted by atomic mass is 10.2. The van der Waals surface area contributed by atoms with Gasteiger partial charge in [-0.05, 0) is 24.3 Å². The number of aryl methyl sites for hydroxylation is 1. The third-order valence-electron chi connectivity index (χ3n) is 2.81. The van der Waals surface area contributed by atoms with Crippen LogP contribution in [0.5, 0.6) is 5.75 Å². The van der Waals surface area contributed by atoms with E-state index in [0.29, 0.717) is 19.1 Å². The third-order valence-corrected chi connectivity index (χ3v) is 2.81. The first-order valence-corrected chi connectivity index (χ1v) is 6.46. The Kier molecular flexibility index (Phi) is 4.16. The molecule has 5 nitrogen and oxygen atoms in total. The molecule has 5 heteroatoms. The van der Waals surface area contributed by atoms with Crippen molar-refractivity contribution >= 4 is 0 Å². The Morgan fingerprint density at radius 3 is 2.47 bits per heavy atom. The molecule has 0 unspecified atom stereocenters. The van der Waals surface area contributed by atoms with Crippen molar-refractivity contribution < 1.29 is 4.74 Å². The van der Waals surface area contributed by atoms with E-state index in [2.05, 4.69) is 23.9 Å². The van der Waals surface area contributed by atoms with Gasteiger partial charge in [0, 0.05) is 25.1 Å². The number of nitrogens with zero attached hydrogens (tertiary/aromatic N) is 3. The summed E-state index contributed by atoms with van der Waals surface area (Å²) in [5, 5.41) is 4.44. The molecule has 102 valence electrons. The summed E-state index contributed by atoms with van der Waals surface area (Å²) in [5.41, 5.74) is 6.39. The number of aromatic nitrogens is 3. The smallest absolute Gasteiger partial charge is 0.181 e. The fraction of sp³-hybridized carbons (Fsp3) is 0.429. The predicted octanol–water partition coefficient (Wildman–Crippen LogP) is 1.94. The Morgan fingerprint density at radius 1 is 1.26 bits per heavy atom. The summed E-state index contributed by atoms with van der Waals surface area (Å²) < 4.78 is 7.27. The normalized spacial score (nSPS) is 11.0. The molecular formula is C14H20N4O. The van der Waals surface area contributed by atoms with Crippen LogP contribution in [-0.2, 0) is 7.05 Å². The van der Waals surface area contributed by atoms with Gasteiger partial charge in [-0.1, -0.05) is 13.8 Å². The molecule has 0 aliphatic heterocycles. The van der Waals surface area contributed by atoms with Gasteiger partial charge in [-0.2, -0.15) is 5.10 Å². The fourth-order valence-electron chi connectivity index (χ4n) is 1.90. The first-order valence-electron chi connectivity index (χ1n) is 6.46. The van der Waals surface area contributed by atoms with Gasteiger partial charge in [0.2, 0.25) is 0 Å². The molecule has 1 aromatic carbocycles. The van der Waals surface area contributed by atoms with Crippen LogP contribution < -0.4 is 10.5 Å². The van der Waals surface area contributed by atoms with Gasteiger partial charge in [-0.3, -0.25) is 4.68 Å². The van der Waals surface area contributed by atoms with E-state index in [9.17, 15) is 0 Å². The Hall–Kier alpha value is -1.88. The van der Waals surface area contributed by atoms with E-state index in [0.717, 1.165) is 23.0 Å². The first kappa shape index (κ1) is 13.5. The average Bonchev–Trinajstić information content (AvgIpc) is 2.79. The third kappa shape index (κ3) is 3.12. The van der Waals surface area contributed by atoms with Gasteiger partial charge in [0.15, 0.2) is 5.82 Å². The number of rotatable bonds is 5. The van der Waals surface area contributed by atoms with Crippen molar-refractivity contribution in [2.45, 2.75) is 19.8 Å². The van der Waals surface area contributed by atoms with E-state index >= 15 is 0 Å². The molecule has 0 aliphatic rings. The van der Waals surface area contributed by atoms with Gasteiger partial charge in [0.25, 0.3) is 0 Å². The van der Waals surface area contributed by atoms with Crippen molar-refractivity contribution in [1.29, 1.82) is 0 Å². The Labute approximate surface area is 113 Å². The SMILES string of the molecule is CC(C)c1nc(-c2ccc(OCCN)cc2)nn1C. The molecule has 0 saturated heterocycles. The summed E-state index contributed by atoms with van der Waals surface area (Å²) >= 11 is 0. The van der Waals surface area contributed by atoms with Crippen LogP contribution in [0, 0.1) is 0 Å². The largest absolute Gasteiger partial charge is 0.492 e. The van der Waals surface area contributed by atoms with Crippen molar-refractivity contribution in [3.05, 3.63) is 30.1 Å². The molecule has 1 aromatic heterocycles. The summed E-state index contributed by atoms with van der Waals surface area (Å²) in [7, 11) is 1.92. The summed E-state index contributed by atoms with van der Waals surface area (Å²) in [5.74, 6) is 2.91. The summed E-state index contributed by atoms with van der Waals surface area (Å²) in [6.45, 7) is 5.26. The average molecular weight is 260 g/mol. The van der Waals surface area contributed by atoms with Crippen LogP contribution in [0.4, 0.5) is 0 Å². The molecule has 0 bridgehead atoms. The molecule has 2 aromatic rings. The Morgan fingerprint density at radius 2 is 1.95 bits per heavy atom. The lowest BCUT2D eigenvalue weighted by Gasteiger charge is -2.04. The molecule has 0 radical (unpaired) electrons. The quantitative estimate of drug-likeness (QED) is 0.892. The zero-order valence-corrected chi connectivity index (χ0v) is 11.6. The van der Waals surface area contributed by atoms with Gasteiger partial charge in [-0.25, -0.2) is 4.98 Å². The number of ether oxygens (including phenoxy) is 1. The van der Waals surface area contributed by atoms with Crippen molar-refractivity contribution in [3.8, 4) is 17.1 Å². The maximum Gasteiger partial charge on any atom is 0.181 e. The second-order valence-electron chi connectivity index (χ2n) is 4.73. The molecular weight excluding hydrogens is 240 g/mol. The minimum absolute atomic E-state index is 0.360. The molecule has 0 aliphatic carbocycles. The Bertz CT molecular complexity index is 531. The van der Waals surface area contributed by atoms with E-state index in [4.69, 9.17) is 10.5 Å². The maximum absolute atomic E-state index is 5.44. The highest BCUT2D eigenvalue weighted by Crippen LogP contribution is 2.21. The second kappa shape index (κ2) is 5.84. The van der Waals surface area contributed by atoms with E-state index < -0.39 is 0 Å². The van der Waals surface area contributed by atoms with E-state index in [1.807, 2.05) is 36.0 Å². The molecule has 0 spiro atoms. The van der Waals surface area contributed by atoms with E-state index in [-0.39, 0.29) is 0 Å². The molecule has 19 heavy (non-hydrogen) atoms. The van der Waals surface area contributed by atoms with Crippen LogP contribution in [0.3, 0.4) is 0 Å². The van der Waals surface area contributed by atoms with Crippen LogP contribution in [0.15, 0.2) is 24.3 Å². The molecule has 2 N–H and O–H groups in total. The van der Waals surface area contributed by atoms with Crippen LogP contribution in [0.25, 0.3) is 11.4 Å². The highest BCUT2D eigenvalue weighted by molar-refractivity contribution is 5.56. The van der Waals surface area contributed by atoms with Crippen molar-refractivity contribution in [1.82, 2.24) is 14.8 Å². The molecule has 2 rings (SSSR count). The predicted molar refractivity (Wildman–Crippen MR) is 75.1 cm³/mol. The van der Waals surface area contributed by atoms with Crippen LogP contribution in [0.2, 0.25) is 0 Å². The summed E-state index contributed by atoms with van der Waals surface area (Å²) in [4.78, 5) is 4.56. The van der Waals surface area contributed by atoms with Gasteiger partial charge in [-0.15, -0.1) is 0 Å².